The van der Waals surface area contributed by atoms with Crippen molar-refractivity contribution in [3.05, 3.63) is 29.8 Å². The number of aryl methyl sites for hydroxylation is 1. The maximum atomic E-state index is 4.97. The topological polar surface area (TPSA) is 9.23 Å². The SMILES string of the molecule is COc1ccc(C)cc1.[H-].[H-].[Mg+2]. The van der Waals surface area contributed by atoms with Gasteiger partial charge in [0.15, 0.2) is 0 Å². The Balaban J connectivity index is -0.000000270. The molecule has 0 radical (unpaired) electrons. The maximum absolute atomic E-state index is 4.97. The van der Waals surface area contributed by atoms with Crippen LogP contribution in [0.25, 0.3) is 0 Å². The molecule has 1 rings (SSSR count). The first-order chi connectivity index (χ1) is 4.33. The summed E-state index contributed by atoms with van der Waals surface area (Å²) in [6, 6.07) is 7.96. The molecule has 2 heteroatoms. The van der Waals surface area contributed by atoms with E-state index >= 15 is 0 Å². The molecule has 0 aromatic heterocycles. The molecular formula is C8H12MgO. The van der Waals surface area contributed by atoms with Gasteiger partial charge in [0.25, 0.3) is 0 Å². The molecule has 0 heterocycles. The van der Waals surface area contributed by atoms with Gasteiger partial charge in [-0.1, -0.05) is 17.7 Å². The molecule has 0 unspecified atom stereocenters. The average Bonchev–Trinajstić information content (AvgIpc) is 1.90. The van der Waals surface area contributed by atoms with Gasteiger partial charge in [0.1, 0.15) is 5.75 Å². The number of hydrogen-bond donors (Lipinski definition) is 0. The monoisotopic (exact) mass is 148 g/mol. The van der Waals surface area contributed by atoms with Crippen molar-refractivity contribution in [2.75, 3.05) is 7.11 Å². The molecule has 1 aromatic carbocycles. The zero-order valence-electron chi connectivity index (χ0n) is 8.42. The third-order valence-corrected chi connectivity index (χ3v) is 1.26. The first kappa shape index (κ1) is 9.79. The summed E-state index contributed by atoms with van der Waals surface area (Å²) in [4.78, 5) is 0. The first-order valence-corrected chi connectivity index (χ1v) is 2.93. The Labute approximate surface area is 80.5 Å². The van der Waals surface area contributed by atoms with E-state index in [-0.39, 0.29) is 25.9 Å². The minimum Gasteiger partial charge on any atom is -1.00 e. The van der Waals surface area contributed by atoms with Crippen LogP contribution in [0.5, 0.6) is 5.75 Å². The van der Waals surface area contributed by atoms with E-state index in [1.54, 1.807) is 7.11 Å². The molecule has 0 saturated carbocycles. The molecule has 0 atom stereocenters. The van der Waals surface area contributed by atoms with Gasteiger partial charge < -0.3 is 7.59 Å². The second kappa shape index (κ2) is 4.58. The molecule has 1 nitrogen and oxygen atoms in total. The molecule has 0 aliphatic rings. The Bertz CT molecular complexity index is 189. The van der Waals surface area contributed by atoms with E-state index in [4.69, 9.17) is 4.74 Å². The molecule has 0 aliphatic heterocycles. The van der Waals surface area contributed by atoms with Crippen molar-refractivity contribution in [1.29, 1.82) is 0 Å². The third-order valence-electron chi connectivity index (χ3n) is 1.26. The van der Waals surface area contributed by atoms with Crippen molar-refractivity contribution < 1.29 is 7.59 Å². The van der Waals surface area contributed by atoms with Gasteiger partial charge in [-0.05, 0) is 19.1 Å². The normalized spacial score (nSPS) is 8.20. The molecule has 1 aromatic rings. The Hall–Kier alpha value is -0.214. The number of ether oxygens (including phenoxy) is 1. The minimum absolute atomic E-state index is 0. The van der Waals surface area contributed by atoms with Gasteiger partial charge in [-0.2, -0.15) is 0 Å². The summed E-state index contributed by atoms with van der Waals surface area (Å²) >= 11 is 0. The standard InChI is InChI=1S/C8H10O.Mg.2H/c1-7-3-5-8(9-2)6-4-7;;;/h3-6H,1-2H3;;;/q;+2;2*-1. The fourth-order valence-electron chi connectivity index (χ4n) is 0.674. The number of rotatable bonds is 1. The van der Waals surface area contributed by atoms with E-state index < -0.39 is 0 Å². The zero-order chi connectivity index (χ0) is 6.69. The van der Waals surface area contributed by atoms with Crippen LogP contribution < -0.4 is 4.74 Å². The van der Waals surface area contributed by atoms with Gasteiger partial charge in [-0.3, -0.25) is 0 Å². The Morgan fingerprint density at radius 3 is 2.10 bits per heavy atom. The van der Waals surface area contributed by atoms with Crippen LogP contribution in [0.2, 0.25) is 0 Å². The molecule has 10 heavy (non-hydrogen) atoms. The molecule has 0 spiro atoms. The molecule has 0 bridgehead atoms. The largest absolute Gasteiger partial charge is 2.00 e. The maximum Gasteiger partial charge on any atom is 2.00 e. The van der Waals surface area contributed by atoms with Crippen LogP contribution in [0.1, 0.15) is 8.42 Å². The van der Waals surface area contributed by atoms with Crippen LogP contribution >= 0.6 is 0 Å². The van der Waals surface area contributed by atoms with E-state index in [0.29, 0.717) is 0 Å². The molecule has 0 fully saturated rings. The summed E-state index contributed by atoms with van der Waals surface area (Å²) < 4.78 is 4.97. The number of methoxy groups -OCH3 is 1. The third kappa shape index (κ3) is 2.58. The van der Waals surface area contributed by atoms with E-state index in [1.807, 2.05) is 24.3 Å². The van der Waals surface area contributed by atoms with Gasteiger partial charge in [0, 0.05) is 0 Å². The predicted octanol–water partition coefficient (Wildman–Crippen LogP) is 1.85. The predicted molar refractivity (Wildman–Crippen MR) is 45.7 cm³/mol. The molecule has 0 aliphatic carbocycles. The Morgan fingerprint density at radius 2 is 1.70 bits per heavy atom. The molecular weight excluding hydrogens is 136 g/mol. The molecule has 0 saturated heterocycles. The molecule has 52 valence electrons. The van der Waals surface area contributed by atoms with Crippen LogP contribution in [0, 0.1) is 6.92 Å². The fraction of sp³-hybridized carbons (Fsp3) is 0.250. The van der Waals surface area contributed by atoms with Crippen LogP contribution in [0.15, 0.2) is 24.3 Å². The van der Waals surface area contributed by atoms with Gasteiger partial charge in [-0.25, -0.2) is 0 Å². The van der Waals surface area contributed by atoms with Gasteiger partial charge in [-0.15, -0.1) is 0 Å². The van der Waals surface area contributed by atoms with Crippen molar-refractivity contribution in [3.8, 4) is 5.75 Å². The van der Waals surface area contributed by atoms with Gasteiger partial charge in [0.05, 0.1) is 7.11 Å². The smallest absolute Gasteiger partial charge is 1.00 e. The van der Waals surface area contributed by atoms with E-state index in [1.165, 1.54) is 5.56 Å². The molecule has 0 N–H and O–H groups in total. The average molecular weight is 148 g/mol. The second-order valence-corrected chi connectivity index (χ2v) is 2.02. The summed E-state index contributed by atoms with van der Waals surface area (Å²) in [5.74, 6) is 0.917. The van der Waals surface area contributed by atoms with E-state index in [9.17, 15) is 0 Å². The van der Waals surface area contributed by atoms with Gasteiger partial charge >= 0.3 is 23.1 Å². The minimum atomic E-state index is 0. The van der Waals surface area contributed by atoms with Gasteiger partial charge in [0.2, 0.25) is 0 Å². The van der Waals surface area contributed by atoms with Crippen molar-refractivity contribution in [2.24, 2.45) is 0 Å². The Kier molecular flexibility index (Phi) is 4.48. The summed E-state index contributed by atoms with van der Waals surface area (Å²) in [5, 5.41) is 0. The quantitative estimate of drug-likeness (QED) is 0.553. The van der Waals surface area contributed by atoms with Crippen LogP contribution in [-0.2, 0) is 0 Å². The van der Waals surface area contributed by atoms with Crippen LogP contribution in [0.4, 0.5) is 0 Å². The van der Waals surface area contributed by atoms with Crippen molar-refractivity contribution >= 4 is 23.1 Å². The summed E-state index contributed by atoms with van der Waals surface area (Å²) in [5.41, 5.74) is 1.26. The summed E-state index contributed by atoms with van der Waals surface area (Å²) in [6.45, 7) is 2.06. The summed E-state index contributed by atoms with van der Waals surface area (Å²) in [6.07, 6.45) is 0. The fourth-order valence-corrected chi connectivity index (χ4v) is 0.674. The van der Waals surface area contributed by atoms with Crippen molar-refractivity contribution in [2.45, 2.75) is 6.92 Å². The van der Waals surface area contributed by atoms with Crippen LogP contribution in [0.3, 0.4) is 0 Å². The first-order valence-electron chi connectivity index (χ1n) is 2.93. The van der Waals surface area contributed by atoms with E-state index in [2.05, 4.69) is 6.92 Å². The number of hydrogen-bond acceptors (Lipinski definition) is 1. The number of benzene rings is 1. The van der Waals surface area contributed by atoms with Crippen molar-refractivity contribution in [3.63, 3.8) is 0 Å². The van der Waals surface area contributed by atoms with Crippen molar-refractivity contribution in [1.82, 2.24) is 0 Å². The summed E-state index contributed by atoms with van der Waals surface area (Å²) in [7, 11) is 1.67. The zero-order valence-corrected chi connectivity index (χ0v) is 7.84. The Morgan fingerprint density at radius 1 is 1.20 bits per heavy atom. The van der Waals surface area contributed by atoms with E-state index in [0.717, 1.165) is 5.75 Å². The second-order valence-electron chi connectivity index (χ2n) is 2.02. The van der Waals surface area contributed by atoms with Crippen LogP contribution in [-0.4, -0.2) is 30.2 Å². The molecule has 0 amide bonds.